The Kier molecular flexibility index (Phi) is 6.96. The van der Waals surface area contributed by atoms with Crippen LogP contribution in [0.15, 0.2) is 76.0 Å². The fourth-order valence-corrected chi connectivity index (χ4v) is 4.20. The number of fused-ring (bicyclic) bond motifs is 1. The van der Waals surface area contributed by atoms with Crippen molar-refractivity contribution >= 4 is 50.0 Å². The Bertz CT molecular complexity index is 1270. The molecule has 0 aliphatic carbocycles. The number of halogens is 3. The van der Waals surface area contributed by atoms with E-state index in [-0.39, 0.29) is 5.56 Å². The van der Waals surface area contributed by atoms with Crippen molar-refractivity contribution in [3.8, 4) is 17.1 Å². The molecule has 0 aliphatic heterocycles. The number of ether oxygens (including phenoxy) is 1. The molecule has 1 aromatic heterocycles. The maximum Gasteiger partial charge on any atom is 0.261 e. The second kappa shape index (κ2) is 9.86. The molecular formula is C24H19BrCl2N2O2. The molecule has 7 heteroatoms. The molecule has 4 rings (SSSR count). The molecule has 0 bridgehead atoms. The van der Waals surface area contributed by atoms with Gasteiger partial charge in [0.05, 0.1) is 22.5 Å². The van der Waals surface area contributed by atoms with E-state index in [1.165, 1.54) is 0 Å². The van der Waals surface area contributed by atoms with Crippen LogP contribution < -0.4 is 10.3 Å². The van der Waals surface area contributed by atoms with E-state index >= 15 is 0 Å². The minimum Gasteiger partial charge on any atom is -0.492 e. The van der Waals surface area contributed by atoms with Gasteiger partial charge in [0, 0.05) is 21.6 Å². The molecule has 0 N–H and O–H groups in total. The number of para-hydroxylation sites is 1. The van der Waals surface area contributed by atoms with Crippen molar-refractivity contribution in [2.45, 2.75) is 19.4 Å². The molecule has 4 nitrogen and oxygen atoms in total. The summed E-state index contributed by atoms with van der Waals surface area (Å²) in [5.74, 6) is 1.29. The molecule has 31 heavy (non-hydrogen) atoms. The fourth-order valence-electron chi connectivity index (χ4n) is 3.34. The van der Waals surface area contributed by atoms with Crippen LogP contribution in [0.3, 0.4) is 0 Å². The summed E-state index contributed by atoms with van der Waals surface area (Å²) in [6, 6.07) is 20.3. The molecule has 0 saturated heterocycles. The monoisotopic (exact) mass is 516 g/mol. The van der Waals surface area contributed by atoms with Crippen LogP contribution in [0.4, 0.5) is 0 Å². The zero-order valence-electron chi connectivity index (χ0n) is 16.5. The van der Waals surface area contributed by atoms with Crippen LogP contribution in [0.25, 0.3) is 22.3 Å². The van der Waals surface area contributed by atoms with Gasteiger partial charge in [0.25, 0.3) is 5.56 Å². The summed E-state index contributed by atoms with van der Waals surface area (Å²) in [4.78, 5) is 18.0. The molecular weight excluding hydrogens is 499 g/mol. The van der Waals surface area contributed by atoms with Gasteiger partial charge in [-0.1, -0.05) is 51.3 Å². The molecule has 0 unspecified atom stereocenters. The smallest absolute Gasteiger partial charge is 0.261 e. The summed E-state index contributed by atoms with van der Waals surface area (Å²) in [6.45, 7) is 1.04. The van der Waals surface area contributed by atoms with Gasteiger partial charge in [-0.3, -0.25) is 9.36 Å². The highest BCUT2D eigenvalue weighted by atomic mass is 79.9. The van der Waals surface area contributed by atoms with Crippen LogP contribution >= 0.6 is 39.1 Å². The summed E-state index contributed by atoms with van der Waals surface area (Å²) >= 11 is 15.6. The highest BCUT2D eigenvalue weighted by molar-refractivity contribution is 9.10. The number of rotatable bonds is 7. The van der Waals surface area contributed by atoms with Gasteiger partial charge in [-0.05, 0) is 67.4 Å². The van der Waals surface area contributed by atoms with Crippen LogP contribution in [-0.4, -0.2) is 16.2 Å². The van der Waals surface area contributed by atoms with Crippen molar-refractivity contribution < 1.29 is 4.74 Å². The average Bonchev–Trinajstić information content (AvgIpc) is 2.76. The summed E-state index contributed by atoms with van der Waals surface area (Å²) < 4.78 is 8.43. The minimum atomic E-state index is -0.0487. The maximum absolute atomic E-state index is 13.2. The van der Waals surface area contributed by atoms with Gasteiger partial charge in [-0.25, -0.2) is 4.98 Å². The number of unbranched alkanes of at least 4 members (excludes halogenated alkanes) is 1. The number of hydrogen-bond donors (Lipinski definition) is 0. The summed E-state index contributed by atoms with van der Waals surface area (Å²) in [6.07, 6.45) is 1.53. The van der Waals surface area contributed by atoms with E-state index in [0.717, 1.165) is 22.9 Å². The lowest BCUT2D eigenvalue weighted by Gasteiger charge is -2.14. The third-order valence-electron chi connectivity index (χ3n) is 4.89. The van der Waals surface area contributed by atoms with Crippen molar-refractivity contribution in [2.75, 3.05) is 6.61 Å². The van der Waals surface area contributed by atoms with E-state index in [1.807, 2.05) is 48.5 Å². The van der Waals surface area contributed by atoms with E-state index in [2.05, 4.69) is 15.9 Å². The first-order chi connectivity index (χ1) is 15.0. The quantitative estimate of drug-likeness (QED) is 0.248. The first-order valence-electron chi connectivity index (χ1n) is 9.86. The van der Waals surface area contributed by atoms with Gasteiger partial charge in [-0.15, -0.1) is 0 Å². The molecule has 4 aromatic rings. The van der Waals surface area contributed by atoms with Crippen LogP contribution in [0.1, 0.15) is 12.8 Å². The van der Waals surface area contributed by atoms with E-state index in [9.17, 15) is 4.79 Å². The van der Waals surface area contributed by atoms with Crippen molar-refractivity contribution in [3.63, 3.8) is 0 Å². The molecule has 3 aromatic carbocycles. The first-order valence-corrected chi connectivity index (χ1v) is 11.4. The van der Waals surface area contributed by atoms with Crippen LogP contribution in [0.5, 0.6) is 5.75 Å². The molecule has 158 valence electrons. The minimum absolute atomic E-state index is 0.0487. The average molecular weight is 518 g/mol. The Hall–Kier alpha value is -2.34. The molecule has 0 amide bonds. The van der Waals surface area contributed by atoms with Crippen molar-refractivity contribution in [2.24, 2.45) is 0 Å². The van der Waals surface area contributed by atoms with Gasteiger partial charge in [0.15, 0.2) is 0 Å². The lowest BCUT2D eigenvalue weighted by molar-refractivity contribution is 0.303. The maximum atomic E-state index is 13.2. The van der Waals surface area contributed by atoms with E-state index < -0.39 is 0 Å². The van der Waals surface area contributed by atoms with E-state index in [1.54, 1.807) is 22.8 Å². The normalized spacial score (nSPS) is 11.1. The third-order valence-corrected chi connectivity index (χ3v) is 5.93. The predicted molar refractivity (Wildman–Crippen MR) is 130 cm³/mol. The largest absolute Gasteiger partial charge is 0.492 e. The zero-order chi connectivity index (χ0) is 21.8. The van der Waals surface area contributed by atoms with Crippen LogP contribution in [0.2, 0.25) is 10.0 Å². The fraction of sp³-hybridized carbons (Fsp3) is 0.167. The Morgan fingerprint density at radius 3 is 2.52 bits per heavy atom. The first kappa shape index (κ1) is 21.9. The highest BCUT2D eigenvalue weighted by Crippen LogP contribution is 2.28. The molecule has 0 radical (unpaired) electrons. The zero-order valence-corrected chi connectivity index (χ0v) is 19.6. The van der Waals surface area contributed by atoms with Crippen molar-refractivity contribution in [3.05, 3.63) is 91.6 Å². The highest BCUT2D eigenvalue weighted by Gasteiger charge is 2.12. The Morgan fingerprint density at radius 1 is 0.968 bits per heavy atom. The van der Waals surface area contributed by atoms with Gasteiger partial charge in [0.2, 0.25) is 0 Å². The molecule has 0 spiro atoms. The van der Waals surface area contributed by atoms with Crippen molar-refractivity contribution in [1.29, 1.82) is 0 Å². The lowest BCUT2D eigenvalue weighted by atomic mass is 10.1. The number of nitrogens with zero attached hydrogens (tertiary/aromatic N) is 2. The Morgan fingerprint density at radius 2 is 1.74 bits per heavy atom. The van der Waals surface area contributed by atoms with Gasteiger partial charge >= 0.3 is 0 Å². The second-order valence-electron chi connectivity index (χ2n) is 7.05. The van der Waals surface area contributed by atoms with E-state index in [0.29, 0.717) is 45.7 Å². The Labute approximate surface area is 198 Å². The molecule has 0 saturated carbocycles. The summed E-state index contributed by atoms with van der Waals surface area (Å²) in [7, 11) is 0. The van der Waals surface area contributed by atoms with Crippen molar-refractivity contribution in [1.82, 2.24) is 9.55 Å². The molecule has 0 fully saturated rings. The second-order valence-corrected chi connectivity index (χ2v) is 8.81. The van der Waals surface area contributed by atoms with Gasteiger partial charge < -0.3 is 4.74 Å². The predicted octanol–water partition coefficient (Wildman–Crippen LogP) is 6.99. The Balaban J connectivity index is 1.53. The van der Waals surface area contributed by atoms with Crippen LogP contribution in [-0.2, 0) is 6.54 Å². The van der Waals surface area contributed by atoms with Gasteiger partial charge in [-0.2, -0.15) is 0 Å². The van der Waals surface area contributed by atoms with Gasteiger partial charge in [0.1, 0.15) is 11.6 Å². The molecule has 0 atom stereocenters. The number of hydrogen-bond acceptors (Lipinski definition) is 3. The summed E-state index contributed by atoms with van der Waals surface area (Å²) in [5, 5.41) is 1.81. The molecule has 0 aliphatic rings. The standard InChI is InChI=1S/C24H19BrCl2N2O2/c25-17-9-12-22(20(27)15-17)31-14-4-3-13-29-23(16-7-10-18(26)11-8-16)28-21-6-2-1-5-19(21)24(29)30/h1-2,5-12,15H,3-4,13-14H2. The lowest BCUT2D eigenvalue weighted by Crippen LogP contribution is -2.24. The topological polar surface area (TPSA) is 44.1 Å². The molecule has 1 heterocycles. The number of aromatic nitrogens is 2. The summed E-state index contributed by atoms with van der Waals surface area (Å²) in [5.41, 5.74) is 1.49. The number of benzene rings is 3. The van der Waals surface area contributed by atoms with E-state index in [4.69, 9.17) is 32.9 Å². The third kappa shape index (κ3) is 5.12. The SMILES string of the molecule is O=c1c2ccccc2nc(-c2ccc(Cl)cc2)n1CCCCOc1ccc(Br)cc1Cl. The van der Waals surface area contributed by atoms with Crippen LogP contribution in [0, 0.1) is 0 Å².